The molecule has 0 saturated heterocycles. The highest BCUT2D eigenvalue weighted by Crippen LogP contribution is 2.13. The Morgan fingerprint density at radius 1 is 0.889 bits per heavy atom. The SMILES string of the molecule is CCCCCCC(CC)C(=O)O.O=C(O)C(=O)O. The Morgan fingerprint density at radius 3 is 1.67 bits per heavy atom. The van der Waals surface area contributed by atoms with Crippen LogP contribution in [0.2, 0.25) is 0 Å². The summed E-state index contributed by atoms with van der Waals surface area (Å²) in [5, 5.41) is 23.5. The second-order valence-corrected chi connectivity index (χ2v) is 3.90. The van der Waals surface area contributed by atoms with Crippen molar-refractivity contribution in [2.45, 2.75) is 52.4 Å². The van der Waals surface area contributed by atoms with Gasteiger partial charge in [0.2, 0.25) is 0 Å². The molecule has 3 N–H and O–H groups in total. The van der Waals surface area contributed by atoms with Crippen molar-refractivity contribution in [2.75, 3.05) is 0 Å². The molecule has 1 atom stereocenters. The van der Waals surface area contributed by atoms with Gasteiger partial charge in [0.05, 0.1) is 5.92 Å². The van der Waals surface area contributed by atoms with Gasteiger partial charge >= 0.3 is 17.9 Å². The molecule has 0 radical (unpaired) electrons. The smallest absolute Gasteiger partial charge is 0.414 e. The molecule has 0 saturated carbocycles. The Bertz CT molecular complexity index is 249. The van der Waals surface area contributed by atoms with E-state index < -0.39 is 17.9 Å². The largest absolute Gasteiger partial charge is 0.481 e. The minimum absolute atomic E-state index is 0.109. The highest BCUT2D eigenvalue weighted by molar-refractivity contribution is 6.27. The monoisotopic (exact) mass is 262 g/mol. The van der Waals surface area contributed by atoms with Gasteiger partial charge in [-0.2, -0.15) is 0 Å². The van der Waals surface area contributed by atoms with Crippen LogP contribution in [0.15, 0.2) is 0 Å². The van der Waals surface area contributed by atoms with Gasteiger partial charge in [0, 0.05) is 0 Å². The first-order chi connectivity index (χ1) is 8.36. The molecule has 0 aliphatic carbocycles. The van der Waals surface area contributed by atoms with Gasteiger partial charge < -0.3 is 15.3 Å². The minimum atomic E-state index is -1.82. The Hall–Kier alpha value is -1.59. The molecule has 1 unspecified atom stereocenters. The van der Waals surface area contributed by atoms with Crippen LogP contribution >= 0.6 is 0 Å². The first-order valence-corrected chi connectivity index (χ1v) is 6.05. The van der Waals surface area contributed by atoms with Crippen molar-refractivity contribution in [3.05, 3.63) is 0 Å². The second-order valence-electron chi connectivity index (χ2n) is 3.90. The van der Waals surface area contributed by atoms with Crippen LogP contribution in [-0.4, -0.2) is 33.2 Å². The van der Waals surface area contributed by atoms with Crippen molar-refractivity contribution in [2.24, 2.45) is 5.92 Å². The first-order valence-electron chi connectivity index (χ1n) is 6.05. The Kier molecular flexibility index (Phi) is 12.4. The van der Waals surface area contributed by atoms with Gasteiger partial charge in [-0.15, -0.1) is 0 Å². The Balaban J connectivity index is 0. The van der Waals surface area contributed by atoms with Crippen molar-refractivity contribution in [1.82, 2.24) is 0 Å². The van der Waals surface area contributed by atoms with Crippen LogP contribution in [0.3, 0.4) is 0 Å². The summed E-state index contributed by atoms with van der Waals surface area (Å²) in [6.45, 7) is 4.10. The summed E-state index contributed by atoms with van der Waals surface area (Å²) in [7, 11) is 0. The van der Waals surface area contributed by atoms with E-state index in [0.29, 0.717) is 0 Å². The molecule has 0 rings (SSSR count). The summed E-state index contributed by atoms with van der Waals surface area (Å²) in [6.07, 6.45) is 6.31. The van der Waals surface area contributed by atoms with Gasteiger partial charge in [-0.1, -0.05) is 39.5 Å². The molecule has 0 bridgehead atoms. The molecule has 6 heteroatoms. The summed E-state index contributed by atoms with van der Waals surface area (Å²) in [5.41, 5.74) is 0. The predicted octanol–water partition coefficient (Wildman–Crippen LogP) is 2.22. The molecule has 0 fully saturated rings. The van der Waals surface area contributed by atoms with Crippen LogP contribution in [0, 0.1) is 5.92 Å². The highest BCUT2D eigenvalue weighted by Gasteiger charge is 2.13. The zero-order valence-corrected chi connectivity index (χ0v) is 10.9. The van der Waals surface area contributed by atoms with Gasteiger partial charge in [0.1, 0.15) is 0 Å². The normalized spacial score (nSPS) is 11.0. The molecule has 0 aromatic carbocycles. The fraction of sp³-hybridized carbons (Fsp3) is 0.750. The number of rotatable bonds is 7. The molecule has 0 spiro atoms. The second kappa shape index (κ2) is 11.9. The van der Waals surface area contributed by atoms with Crippen LogP contribution in [0.5, 0.6) is 0 Å². The first kappa shape index (κ1) is 18.8. The van der Waals surface area contributed by atoms with E-state index >= 15 is 0 Å². The summed E-state index contributed by atoms with van der Waals surface area (Å²) in [4.78, 5) is 28.8. The number of hydrogen-bond donors (Lipinski definition) is 3. The molecule has 0 heterocycles. The van der Waals surface area contributed by atoms with E-state index in [2.05, 4.69) is 6.92 Å². The van der Waals surface area contributed by atoms with Crippen LogP contribution < -0.4 is 0 Å². The number of hydrogen-bond acceptors (Lipinski definition) is 3. The molecule has 18 heavy (non-hydrogen) atoms. The number of aliphatic carboxylic acids is 3. The molecule has 0 aromatic rings. The van der Waals surface area contributed by atoms with Gasteiger partial charge in [-0.25, -0.2) is 9.59 Å². The minimum Gasteiger partial charge on any atom is -0.481 e. The van der Waals surface area contributed by atoms with Crippen molar-refractivity contribution in [3.63, 3.8) is 0 Å². The van der Waals surface area contributed by atoms with Crippen molar-refractivity contribution >= 4 is 17.9 Å². The molecule has 0 aliphatic rings. The average molecular weight is 262 g/mol. The third kappa shape index (κ3) is 12.5. The molecule has 0 aromatic heterocycles. The van der Waals surface area contributed by atoms with E-state index in [-0.39, 0.29) is 5.92 Å². The Morgan fingerprint density at radius 2 is 1.39 bits per heavy atom. The maximum atomic E-state index is 10.6. The summed E-state index contributed by atoms with van der Waals surface area (Å²) < 4.78 is 0. The number of carboxylic acid groups (broad SMARTS) is 3. The lowest BCUT2D eigenvalue weighted by atomic mass is 9.99. The average Bonchev–Trinajstić information content (AvgIpc) is 2.29. The third-order valence-electron chi connectivity index (χ3n) is 2.43. The van der Waals surface area contributed by atoms with E-state index in [0.717, 1.165) is 19.3 Å². The zero-order chi connectivity index (χ0) is 14.6. The standard InChI is InChI=1S/C10H20O2.C2H2O4/c1-3-5-6-7-8-9(4-2)10(11)12;3-1(4)2(5)6/h9H,3-8H2,1-2H3,(H,11,12);(H,3,4)(H,5,6). The topological polar surface area (TPSA) is 112 Å². The van der Waals surface area contributed by atoms with Crippen LogP contribution in [-0.2, 0) is 14.4 Å². The lowest BCUT2D eigenvalue weighted by molar-refractivity contribution is -0.159. The third-order valence-corrected chi connectivity index (χ3v) is 2.43. The molecular formula is C12H22O6. The number of carbonyl (C=O) groups is 3. The van der Waals surface area contributed by atoms with Crippen molar-refractivity contribution in [3.8, 4) is 0 Å². The summed E-state index contributed by atoms with van der Waals surface area (Å²) in [5.74, 6) is -4.39. The van der Waals surface area contributed by atoms with E-state index in [1.54, 1.807) is 0 Å². The van der Waals surface area contributed by atoms with Crippen LogP contribution in [0.1, 0.15) is 52.4 Å². The van der Waals surface area contributed by atoms with Crippen LogP contribution in [0.25, 0.3) is 0 Å². The maximum Gasteiger partial charge on any atom is 0.414 e. The zero-order valence-electron chi connectivity index (χ0n) is 10.9. The molecular weight excluding hydrogens is 240 g/mol. The molecule has 0 aliphatic heterocycles. The van der Waals surface area contributed by atoms with E-state index in [9.17, 15) is 4.79 Å². The van der Waals surface area contributed by atoms with Gasteiger partial charge in [-0.05, 0) is 12.8 Å². The van der Waals surface area contributed by atoms with E-state index in [1.165, 1.54) is 19.3 Å². The fourth-order valence-electron chi connectivity index (χ4n) is 1.32. The van der Waals surface area contributed by atoms with Crippen LogP contribution in [0.4, 0.5) is 0 Å². The Labute approximate surface area is 107 Å². The van der Waals surface area contributed by atoms with Crippen molar-refractivity contribution in [1.29, 1.82) is 0 Å². The molecule has 106 valence electrons. The maximum absolute atomic E-state index is 10.6. The lowest BCUT2D eigenvalue weighted by Crippen LogP contribution is -2.12. The van der Waals surface area contributed by atoms with Gasteiger partial charge in [0.25, 0.3) is 0 Å². The van der Waals surface area contributed by atoms with E-state index in [1.807, 2.05) is 6.92 Å². The number of carboxylic acids is 3. The number of unbranched alkanes of at least 4 members (excludes halogenated alkanes) is 3. The molecule has 6 nitrogen and oxygen atoms in total. The van der Waals surface area contributed by atoms with Crippen molar-refractivity contribution < 1.29 is 29.7 Å². The van der Waals surface area contributed by atoms with E-state index in [4.69, 9.17) is 24.9 Å². The molecule has 0 amide bonds. The van der Waals surface area contributed by atoms with Gasteiger partial charge in [-0.3, -0.25) is 4.79 Å². The summed E-state index contributed by atoms with van der Waals surface area (Å²) in [6, 6.07) is 0. The fourth-order valence-corrected chi connectivity index (χ4v) is 1.32. The quantitative estimate of drug-likeness (QED) is 0.479. The predicted molar refractivity (Wildman–Crippen MR) is 65.4 cm³/mol. The van der Waals surface area contributed by atoms with Gasteiger partial charge in [0.15, 0.2) is 0 Å². The summed E-state index contributed by atoms with van der Waals surface area (Å²) >= 11 is 0. The lowest BCUT2D eigenvalue weighted by Gasteiger charge is -2.08. The highest BCUT2D eigenvalue weighted by atomic mass is 16.4.